The summed E-state index contributed by atoms with van der Waals surface area (Å²) in [5.74, 6) is -0.489. The van der Waals surface area contributed by atoms with Gasteiger partial charge in [0.05, 0.1) is 5.56 Å². The molecule has 0 spiro atoms. The topological polar surface area (TPSA) is 77.2 Å². The Kier molecular flexibility index (Phi) is 3.19. The van der Waals surface area contributed by atoms with E-state index in [-0.39, 0.29) is 0 Å². The number of carbonyl (C=O) groups is 1. The summed E-state index contributed by atoms with van der Waals surface area (Å²) in [6, 6.07) is 3.97. The number of aliphatic carboxylic acids is 1. The second kappa shape index (κ2) is 4.54. The van der Waals surface area contributed by atoms with Gasteiger partial charge < -0.3 is 10.0 Å². The van der Waals surface area contributed by atoms with Gasteiger partial charge in [-0.05, 0) is 44.7 Å². The van der Waals surface area contributed by atoms with Gasteiger partial charge in [0.25, 0.3) is 0 Å². The van der Waals surface area contributed by atoms with E-state index in [1.54, 1.807) is 25.8 Å². The smallest absolute Gasteiger partial charge is 0.328 e. The van der Waals surface area contributed by atoms with Crippen molar-refractivity contribution in [2.24, 2.45) is 0 Å². The molecule has 1 aromatic rings. The van der Waals surface area contributed by atoms with Crippen LogP contribution < -0.4 is 4.90 Å². The van der Waals surface area contributed by atoms with Crippen LogP contribution in [-0.4, -0.2) is 28.6 Å². The molecule has 0 bridgehead atoms. The molecule has 0 unspecified atom stereocenters. The Morgan fingerprint density at radius 3 is 2.79 bits per heavy atom. The predicted octanol–water partition coefficient (Wildman–Crippen LogP) is 1.74. The number of nitrogens with zero attached hydrogens (tertiary/aromatic N) is 3. The molecule has 100 valence electrons. The molecular weight excluding hydrogens is 242 g/mol. The van der Waals surface area contributed by atoms with Crippen molar-refractivity contribution in [3.8, 4) is 6.07 Å². The molecule has 0 atom stereocenters. The molecule has 19 heavy (non-hydrogen) atoms. The normalized spacial score (nSPS) is 13.8. The molecule has 0 radical (unpaired) electrons. The van der Waals surface area contributed by atoms with E-state index in [0.29, 0.717) is 11.4 Å². The van der Waals surface area contributed by atoms with Gasteiger partial charge in [0.2, 0.25) is 0 Å². The zero-order valence-corrected chi connectivity index (χ0v) is 11.4. The Balaban J connectivity index is 2.51. The highest BCUT2D eigenvalue weighted by atomic mass is 16.4. The number of rotatable bonds is 3. The summed E-state index contributed by atoms with van der Waals surface area (Å²) in [4.78, 5) is 17.4. The Morgan fingerprint density at radius 2 is 2.21 bits per heavy atom. The molecular formula is C14H17N3O2. The van der Waals surface area contributed by atoms with Crippen molar-refractivity contribution in [3.05, 3.63) is 22.9 Å². The fourth-order valence-corrected chi connectivity index (χ4v) is 2.21. The van der Waals surface area contributed by atoms with Gasteiger partial charge in [-0.1, -0.05) is 0 Å². The third-order valence-electron chi connectivity index (χ3n) is 3.83. The molecule has 1 aliphatic rings. The maximum absolute atomic E-state index is 11.3. The fourth-order valence-electron chi connectivity index (χ4n) is 2.21. The van der Waals surface area contributed by atoms with E-state index in [9.17, 15) is 15.2 Å². The number of aromatic nitrogens is 1. The van der Waals surface area contributed by atoms with Gasteiger partial charge in [-0.3, -0.25) is 0 Å². The molecule has 2 rings (SSSR count). The first-order valence-corrected chi connectivity index (χ1v) is 6.28. The SMILES string of the molecule is CN(c1nc2c(cc1C#N)CCC2)C(C)(C)C(=O)O. The van der Waals surface area contributed by atoms with Crippen LogP contribution in [0.1, 0.15) is 37.1 Å². The molecule has 0 aliphatic heterocycles. The van der Waals surface area contributed by atoms with E-state index in [1.807, 2.05) is 6.07 Å². The second-order valence-electron chi connectivity index (χ2n) is 5.35. The Bertz CT molecular complexity index is 573. The number of likely N-dealkylation sites (N-methyl/N-ethyl adjacent to an activating group) is 1. The first-order chi connectivity index (χ1) is 8.87. The number of carboxylic acid groups (broad SMARTS) is 1. The zero-order chi connectivity index (χ0) is 14.2. The summed E-state index contributed by atoms with van der Waals surface area (Å²) in [6.07, 6.45) is 2.89. The van der Waals surface area contributed by atoms with E-state index in [4.69, 9.17) is 0 Å². The lowest BCUT2D eigenvalue weighted by atomic mass is 10.0. The van der Waals surface area contributed by atoms with Crippen molar-refractivity contribution in [1.29, 1.82) is 5.26 Å². The van der Waals surface area contributed by atoms with Crippen LogP contribution in [0.15, 0.2) is 6.07 Å². The van der Waals surface area contributed by atoms with E-state index >= 15 is 0 Å². The predicted molar refractivity (Wildman–Crippen MR) is 71.1 cm³/mol. The van der Waals surface area contributed by atoms with Gasteiger partial charge in [-0.25, -0.2) is 9.78 Å². The molecule has 5 nitrogen and oxygen atoms in total. The van der Waals surface area contributed by atoms with Crippen LogP contribution in [0.2, 0.25) is 0 Å². The standard InChI is InChI=1S/C14H17N3O2/c1-14(2,13(18)19)17(3)12-10(8-15)7-9-5-4-6-11(9)16-12/h7H,4-6H2,1-3H3,(H,18,19). The summed E-state index contributed by atoms with van der Waals surface area (Å²) in [6.45, 7) is 3.21. The zero-order valence-electron chi connectivity index (χ0n) is 11.4. The minimum absolute atomic E-state index is 0.442. The molecule has 0 aromatic carbocycles. The number of carboxylic acids is 1. The lowest BCUT2D eigenvalue weighted by molar-refractivity contribution is -0.142. The minimum atomic E-state index is -1.11. The highest BCUT2D eigenvalue weighted by molar-refractivity contribution is 5.82. The first-order valence-electron chi connectivity index (χ1n) is 6.28. The maximum atomic E-state index is 11.3. The third kappa shape index (κ3) is 2.14. The molecule has 0 fully saturated rings. The summed E-state index contributed by atoms with van der Waals surface area (Å²) in [5, 5.41) is 18.5. The van der Waals surface area contributed by atoms with Crippen molar-refractivity contribution < 1.29 is 9.90 Å². The molecule has 0 amide bonds. The van der Waals surface area contributed by atoms with Gasteiger partial charge >= 0.3 is 5.97 Å². The largest absolute Gasteiger partial charge is 0.480 e. The summed E-state index contributed by atoms with van der Waals surface area (Å²) in [7, 11) is 1.67. The van der Waals surface area contributed by atoms with Gasteiger partial charge in [-0.15, -0.1) is 0 Å². The van der Waals surface area contributed by atoms with Crippen LogP contribution in [0.5, 0.6) is 0 Å². The Morgan fingerprint density at radius 1 is 1.53 bits per heavy atom. The van der Waals surface area contributed by atoms with E-state index in [1.165, 1.54) is 0 Å². The quantitative estimate of drug-likeness (QED) is 0.894. The minimum Gasteiger partial charge on any atom is -0.480 e. The van der Waals surface area contributed by atoms with Crippen molar-refractivity contribution >= 4 is 11.8 Å². The van der Waals surface area contributed by atoms with Gasteiger partial charge in [0.1, 0.15) is 17.4 Å². The molecule has 0 saturated carbocycles. The van der Waals surface area contributed by atoms with Crippen LogP contribution in [0, 0.1) is 11.3 Å². The highest BCUT2D eigenvalue weighted by Crippen LogP contribution is 2.29. The number of nitriles is 1. The van der Waals surface area contributed by atoms with Gasteiger partial charge in [-0.2, -0.15) is 5.26 Å². The average molecular weight is 259 g/mol. The number of aryl methyl sites for hydroxylation is 2. The lowest BCUT2D eigenvalue weighted by Crippen LogP contribution is -2.48. The average Bonchev–Trinajstić information content (AvgIpc) is 2.82. The van der Waals surface area contributed by atoms with Crippen LogP contribution >= 0.6 is 0 Å². The molecule has 0 saturated heterocycles. The summed E-state index contributed by atoms with van der Waals surface area (Å²) >= 11 is 0. The van der Waals surface area contributed by atoms with Crippen LogP contribution in [0.4, 0.5) is 5.82 Å². The number of pyridine rings is 1. The summed E-state index contributed by atoms with van der Waals surface area (Å²) in [5.41, 5.74) is 1.44. The van der Waals surface area contributed by atoms with E-state index in [2.05, 4.69) is 11.1 Å². The van der Waals surface area contributed by atoms with Crippen LogP contribution in [0.25, 0.3) is 0 Å². The molecule has 1 aromatic heterocycles. The van der Waals surface area contributed by atoms with Crippen molar-refractivity contribution in [2.45, 2.75) is 38.6 Å². The molecule has 1 heterocycles. The van der Waals surface area contributed by atoms with Crippen molar-refractivity contribution in [1.82, 2.24) is 4.98 Å². The monoisotopic (exact) mass is 259 g/mol. The second-order valence-corrected chi connectivity index (χ2v) is 5.35. The highest BCUT2D eigenvalue weighted by Gasteiger charge is 2.34. The Labute approximate surface area is 112 Å². The maximum Gasteiger partial charge on any atom is 0.328 e. The fraction of sp³-hybridized carbons (Fsp3) is 0.500. The number of anilines is 1. The Hall–Kier alpha value is -2.09. The van der Waals surface area contributed by atoms with Crippen LogP contribution in [0.3, 0.4) is 0 Å². The summed E-state index contributed by atoms with van der Waals surface area (Å²) < 4.78 is 0. The third-order valence-corrected chi connectivity index (χ3v) is 3.83. The molecule has 5 heteroatoms. The van der Waals surface area contributed by atoms with Gasteiger partial charge in [0, 0.05) is 12.7 Å². The number of hydrogen-bond donors (Lipinski definition) is 1. The van der Waals surface area contributed by atoms with E-state index < -0.39 is 11.5 Å². The molecule has 1 aliphatic carbocycles. The van der Waals surface area contributed by atoms with Crippen LogP contribution in [-0.2, 0) is 17.6 Å². The van der Waals surface area contributed by atoms with Crippen molar-refractivity contribution in [2.75, 3.05) is 11.9 Å². The molecule has 1 N–H and O–H groups in total. The number of hydrogen-bond acceptors (Lipinski definition) is 4. The number of fused-ring (bicyclic) bond motifs is 1. The van der Waals surface area contributed by atoms with Crippen molar-refractivity contribution in [3.63, 3.8) is 0 Å². The van der Waals surface area contributed by atoms with E-state index in [0.717, 1.165) is 30.5 Å². The first kappa shape index (κ1) is 13.3. The van der Waals surface area contributed by atoms with Gasteiger partial charge in [0.15, 0.2) is 0 Å². The lowest BCUT2D eigenvalue weighted by Gasteiger charge is -2.33.